The fourth-order valence-corrected chi connectivity index (χ4v) is 3.98. The van der Waals surface area contributed by atoms with Gasteiger partial charge in [0.05, 0.1) is 4.58 Å². The fourth-order valence-electron chi connectivity index (χ4n) is 1.19. The summed E-state index contributed by atoms with van der Waals surface area (Å²) in [7, 11) is 0. The second kappa shape index (κ2) is 4.22. The molecule has 0 aliphatic carbocycles. The van der Waals surface area contributed by atoms with Crippen molar-refractivity contribution in [2.24, 2.45) is 0 Å². The van der Waals surface area contributed by atoms with Gasteiger partial charge in [-0.2, -0.15) is 5.10 Å². The molecular formula is C7H9N3O2S2. The van der Waals surface area contributed by atoms with E-state index in [2.05, 4.69) is 10.2 Å². The van der Waals surface area contributed by atoms with E-state index in [-0.39, 0.29) is 0 Å². The first-order valence-corrected chi connectivity index (χ1v) is 6.24. The normalized spacial score (nSPS) is 17.4. The first kappa shape index (κ1) is 9.85. The molecule has 1 saturated heterocycles. The Labute approximate surface area is 88.3 Å². The van der Waals surface area contributed by atoms with E-state index in [0.717, 1.165) is 11.5 Å². The molecule has 2 heterocycles. The Morgan fingerprint density at radius 3 is 2.93 bits per heavy atom. The summed E-state index contributed by atoms with van der Waals surface area (Å²) in [5.41, 5.74) is -1.17. The molecule has 0 aromatic carbocycles. The van der Waals surface area contributed by atoms with Crippen molar-refractivity contribution in [3.8, 4) is 0 Å². The van der Waals surface area contributed by atoms with Gasteiger partial charge in [0.1, 0.15) is 6.33 Å². The molecule has 0 bridgehead atoms. The van der Waals surface area contributed by atoms with Gasteiger partial charge < -0.3 is 0 Å². The van der Waals surface area contributed by atoms with Crippen LogP contribution in [0.1, 0.15) is 0 Å². The van der Waals surface area contributed by atoms with Crippen molar-refractivity contribution in [1.29, 1.82) is 0 Å². The third-order valence-electron chi connectivity index (χ3n) is 1.85. The Morgan fingerprint density at radius 1 is 1.50 bits per heavy atom. The zero-order chi connectivity index (χ0) is 9.97. The average molecular weight is 231 g/mol. The minimum atomic E-state index is -0.652. The van der Waals surface area contributed by atoms with Gasteiger partial charge in [-0.05, 0) is 0 Å². The number of hydrogen-bond acceptors (Lipinski definition) is 5. The van der Waals surface area contributed by atoms with E-state index in [0.29, 0.717) is 11.1 Å². The standard InChI is InChI=1S/C7H9N3O2S2/c11-6-7(12)10(4-8-9-6)3-5-13-1-2-14-5/h4-5H,1-3H2,(H,9,11). The van der Waals surface area contributed by atoms with E-state index in [4.69, 9.17) is 0 Å². The number of H-pyrrole nitrogens is 1. The number of thioether (sulfide) groups is 2. The molecule has 5 nitrogen and oxygen atoms in total. The minimum absolute atomic E-state index is 0.372. The van der Waals surface area contributed by atoms with E-state index >= 15 is 0 Å². The zero-order valence-electron chi connectivity index (χ0n) is 7.30. The Hall–Kier alpha value is -0.690. The molecule has 7 heteroatoms. The quantitative estimate of drug-likeness (QED) is 0.710. The monoisotopic (exact) mass is 231 g/mol. The fraction of sp³-hybridized carbons (Fsp3) is 0.571. The van der Waals surface area contributed by atoms with Crippen LogP contribution in [0, 0.1) is 0 Å². The maximum Gasteiger partial charge on any atom is 0.330 e. The lowest BCUT2D eigenvalue weighted by Crippen LogP contribution is -2.37. The summed E-state index contributed by atoms with van der Waals surface area (Å²) in [6, 6.07) is 0. The van der Waals surface area contributed by atoms with Gasteiger partial charge in [-0.15, -0.1) is 23.5 Å². The summed E-state index contributed by atoms with van der Waals surface area (Å²) in [5, 5.41) is 5.71. The first-order valence-electron chi connectivity index (χ1n) is 4.15. The van der Waals surface area contributed by atoms with Gasteiger partial charge in [-0.1, -0.05) is 0 Å². The predicted octanol–water partition coefficient (Wildman–Crippen LogP) is -0.262. The molecule has 1 N–H and O–H groups in total. The molecule has 0 atom stereocenters. The van der Waals surface area contributed by atoms with Crippen molar-refractivity contribution in [2.75, 3.05) is 11.5 Å². The Morgan fingerprint density at radius 2 is 2.21 bits per heavy atom. The third-order valence-corrected chi connectivity index (χ3v) is 4.85. The van der Waals surface area contributed by atoms with E-state index < -0.39 is 11.1 Å². The lowest BCUT2D eigenvalue weighted by molar-refractivity contribution is 0.663. The Bertz CT molecular complexity index is 421. The Kier molecular flexibility index (Phi) is 2.97. The second-order valence-corrected chi connectivity index (χ2v) is 5.73. The average Bonchev–Trinajstić information content (AvgIpc) is 2.66. The molecular weight excluding hydrogens is 222 g/mol. The van der Waals surface area contributed by atoms with Gasteiger partial charge in [0.15, 0.2) is 0 Å². The van der Waals surface area contributed by atoms with Crippen molar-refractivity contribution >= 4 is 23.5 Å². The topological polar surface area (TPSA) is 67.8 Å². The van der Waals surface area contributed by atoms with Crippen molar-refractivity contribution in [1.82, 2.24) is 14.8 Å². The number of rotatable bonds is 2. The molecule has 0 amide bonds. The highest BCUT2D eigenvalue weighted by molar-refractivity contribution is 8.20. The summed E-state index contributed by atoms with van der Waals surface area (Å²) in [6.45, 7) is 0.561. The SMILES string of the molecule is O=c1[nH]ncn(CC2SCCS2)c1=O. The van der Waals surface area contributed by atoms with Crippen molar-refractivity contribution in [3.63, 3.8) is 0 Å². The van der Waals surface area contributed by atoms with Crippen LogP contribution >= 0.6 is 23.5 Å². The molecule has 0 unspecified atom stereocenters. The van der Waals surface area contributed by atoms with Gasteiger partial charge >= 0.3 is 11.1 Å². The van der Waals surface area contributed by atoms with Gasteiger partial charge in [-0.3, -0.25) is 14.2 Å². The first-order chi connectivity index (χ1) is 6.77. The van der Waals surface area contributed by atoms with Crippen LogP contribution in [0.3, 0.4) is 0 Å². The Balaban J connectivity index is 2.20. The van der Waals surface area contributed by atoms with Crippen LogP contribution in [0.25, 0.3) is 0 Å². The highest BCUT2D eigenvalue weighted by Gasteiger charge is 2.17. The summed E-state index contributed by atoms with van der Waals surface area (Å²) in [4.78, 5) is 22.3. The van der Waals surface area contributed by atoms with Crippen LogP contribution < -0.4 is 11.1 Å². The second-order valence-electron chi connectivity index (χ2n) is 2.81. The van der Waals surface area contributed by atoms with Crippen molar-refractivity contribution in [2.45, 2.75) is 11.1 Å². The molecule has 1 aromatic heterocycles. The van der Waals surface area contributed by atoms with Crippen LogP contribution in [-0.4, -0.2) is 30.9 Å². The highest BCUT2D eigenvalue weighted by Crippen LogP contribution is 2.32. The molecule has 2 rings (SSSR count). The number of aromatic amines is 1. The molecule has 14 heavy (non-hydrogen) atoms. The maximum absolute atomic E-state index is 11.3. The van der Waals surface area contributed by atoms with Crippen molar-refractivity contribution < 1.29 is 0 Å². The number of aromatic nitrogens is 3. The lowest BCUT2D eigenvalue weighted by atomic mass is 10.6. The highest BCUT2D eigenvalue weighted by atomic mass is 32.2. The summed E-state index contributed by atoms with van der Waals surface area (Å²) >= 11 is 3.63. The largest absolute Gasteiger partial charge is 0.330 e. The molecule has 1 fully saturated rings. The predicted molar refractivity (Wildman–Crippen MR) is 57.8 cm³/mol. The van der Waals surface area contributed by atoms with Gasteiger partial charge in [0.25, 0.3) is 0 Å². The van der Waals surface area contributed by atoms with E-state index in [1.165, 1.54) is 10.9 Å². The number of nitrogens with one attached hydrogen (secondary N) is 1. The minimum Gasteiger partial charge on any atom is -0.291 e. The van der Waals surface area contributed by atoms with Crippen LogP contribution in [0.15, 0.2) is 15.9 Å². The van der Waals surface area contributed by atoms with E-state index in [1.807, 2.05) is 23.5 Å². The van der Waals surface area contributed by atoms with Crippen LogP contribution in [0.4, 0.5) is 0 Å². The molecule has 0 radical (unpaired) electrons. The molecule has 76 valence electrons. The van der Waals surface area contributed by atoms with Crippen LogP contribution in [0.2, 0.25) is 0 Å². The molecule has 1 aliphatic rings. The molecule has 1 aliphatic heterocycles. The van der Waals surface area contributed by atoms with Crippen LogP contribution in [-0.2, 0) is 6.54 Å². The smallest absolute Gasteiger partial charge is 0.291 e. The molecule has 0 spiro atoms. The van der Waals surface area contributed by atoms with Gasteiger partial charge in [0.2, 0.25) is 0 Å². The van der Waals surface area contributed by atoms with E-state index in [9.17, 15) is 9.59 Å². The van der Waals surface area contributed by atoms with E-state index in [1.54, 1.807) is 0 Å². The van der Waals surface area contributed by atoms with Gasteiger partial charge in [-0.25, -0.2) is 5.10 Å². The summed E-state index contributed by atoms with van der Waals surface area (Å²) in [5.74, 6) is 2.22. The lowest BCUT2D eigenvalue weighted by Gasteiger charge is -2.08. The third kappa shape index (κ3) is 2.03. The molecule has 0 saturated carbocycles. The summed E-state index contributed by atoms with van der Waals surface area (Å²) < 4.78 is 1.74. The molecule has 1 aromatic rings. The van der Waals surface area contributed by atoms with Crippen molar-refractivity contribution in [3.05, 3.63) is 27.0 Å². The number of hydrogen-bond donors (Lipinski definition) is 1. The van der Waals surface area contributed by atoms with Crippen LogP contribution in [0.5, 0.6) is 0 Å². The van der Waals surface area contributed by atoms with Gasteiger partial charge in [0, 0.05) is 18.1 Å². The maximum atomic E-state index is 11.3. The zero-order valence-corrected chi connectivity index (χ0v) is 8.94. The summed E-state index contributed by atoms with van der Waals surface area (Å²) in [6.07, 6.45) is 1.38. The number of nitrogens with zero attached hydrogens (tertiary/aromatic N) is 2.